The van der Waals surface area contributed by atoms with Crippen LogP contribution >= 0.6 is 11.6 Å². The lowest BCUT2D eigenvalue weighted by molar-refractivity contribution is 0.0752. The number of rotatable bonds is 3. The number of halogens is 2. The van der Waals surface area contributed by atoms with Gasteiger partial charge in [-0.25, -0.2) is 13.9 Å². The average Bonchev–Trinajstić information content (AvgIpc) is 3.21. The third kappa shape index (κ3) is 2.39. The van der Waals surface area contributed by atoms with Crippen molar-refractivity contribution < 1.29 is 9.13 Å². The van der Waals surface area contributed by atoms with Gasteiger partial charge in [-0.05, 0) is 38.0 Å². The molecule has 136 valence electrons. The van der Waals surface area contributed by atoms with Crippen LogP contribution in [0.1, 0.15) is 49.3 Å². The highest BCUT2D eigenvalue weighted by molar-refractivity contribution is 6.35. The molecule has 1 aliphatic heterocycles. The van der Waals surface area contributed by atoms with Gasteiger partial charge in [-0.1, -0.05) is 11.6 Å². The van der Waals surface area contributed by atoms with Gasteiger partial charge in [0.25, 0.3) is 0 Å². The van der Waals surface area contributed by atoms with Crippen LogP contribution in [0.15, 0.2) is 6.20 Å². The van der Waals surface area contributed by atoms with E-state index in [1.165, 1.54) is 0 Å². The molecular weight excluding hydrogens is 357 g/mol. The van der Waals surface area contributed by atoms with Crippen molar-refractivity contribution in [3.8, 4) is 6.07 Å². The summed E-state index contributed by atoms with van der Waals surface area (Å²) in [6.07, 6.45) is 5.04. The van der Waals surface area contributed by atoms with Gasteiger partial charge in [0, 0.05) is 25.2 Å². The summed E-state index contributed by atoms with van der Waals surface area (Å²) in [5.74, 6) is 0.755. The van der Waals surface area contributed by atoms with E-state index in [1.54, 1.807) is 10.7 Å². The summed E-state index contributed by atoms with van der Waals surface area (Å²) in [5.41, 5.74) is 0.680. The molecule has 2 aromatic heterocycles. The first-order valence-corrected chi connectivity index (χ1v) is 9.46. The molecule has 0 amide bonds. The number of nitrogens with one attached hydrogen (secondary N) is 1. The van der Waals surface area contributed by atoms with Crippen molar-refractivity contribution in [2.75, 3.05) is 18.5 Å². The van der Waals surface area contributed by atoms with Crippen LogP contribution in [0.2, 0.25) is 5.02 Å². The molecule has 3 heterocycles. The lowest BCUT2D eigenvalue weighted by atomic mass is 9.79. The predicted molar refractivity (Wildman–Crippen MR) is 94.1 cm³/mol. The number of hydrogen-bond acceptors (Lipinski definition) is 5. The Hall–Kier alpha value is -1.91. The molecule has 0 aromatic carbocycles. The lowest BCUT2D eigenvalue weighted by Crippen LogP contribution is -2.29. The number of ether oxygens (including phenoxy) is 1. The Bertz CT molecular complexity index is 910. The molecule has 1 N–H and O–H groups in total. The third-order valence-corrected chi connectivity index (χ3v) is 6.47. The summed E-state index contributed by atoms with van der Waals surface area (Å²) < 4.78 is 21.6. The molecular formula is C18H19ClFN5O. The first kappa shape index (κ1) is 16.3. The number of hydrogen-bond donors (Lipinski definition) is 1. The van der Waals surface area contributed by atoms with Gasteiger partial charge in [0.2, 0.25) is 5.95 Å². The Morgan fingerprint density at radius 2 is 2.12 bits per heavy atom. The van der Waals surface area contributed by atoms with Crippen molar-refractivity contribution in [1.29, 1.82) is 5.26 Å². The first-order valence-electron chi connectivity index (χ1n) is 9.08. The van der Waals surface area contributed by atoms with Crippen LogP contribution in [0, 0.1) is 17.2 Å². The van der Waals surface area contributed by atoms with E-state index in [-0.39, 0.29) is 17.9 Å². The Kier molecular flexibility index (Phi) is 3.63. The maximum atomic E-state index is 14.5. The topological polar surface area (TPSA) is 75.2 Å². The molecule has 0 radical (unpaired) electrons. The van der Waals surface area contributed by atoms with Crippen LogP contribution in [-0.2, 0) is 4.74 Å². The second-order valence-electron chi connectivity index (χ2n) is 7.73. The van der Waals surface area contributed by atoms with Crippen molar-refractivity contribution >= 4 is 23.1 Å². The number of fused-ring (bicyclic) bond motifs is 2. The van der Waals surface area contributed by atoms with E-state index in [1.807, 2.05) is 0 Å². The monoisotopic (exact) mass is 375 g/mol. The summed E-state index contributed by atoms with van der Waals surface area (Å²) >= 11 is 6.43. The molecule has 6 nitrogen and oxygen atoms in total. The minimum atomic E-state index is -1.07. The summed E-state index contributed by atoms with van der Waals surface area (Å²) in [4.78, 5) is 4.37. The highest BCUT2D eigenvalue weighted by atomic mass is 35.5. The average molecular weight is 376 g/mol. The van der Waals surface area contributed by atoms with E-state index in [0.717, 1.165) is 31.7 Å². The molecule has 2 aromatic rings. The first-order chi connectivity index (χ1) is 12.6. The van der Waals surface area contributed by atoms with Crippen LogP contribution in [0.25, 0.3) is 5.52 Å². The fourth-order valence-electron chi connectivity index (χ4n) is 4.78. The molecule has 1 atom stereocenters. The number of aromatic nitrogens is 3. The Morgan fingerprint density at radius 1 is 1.35 bits per heavy atom. The van der Waals surface area contributed by atoms with Gasteiger partial charge >= 0.3 is 0 Å². The van der Waals surface area contributed by atoms with Gasteiger partial charge in [-0.3, -0.25) is 0 Å². The molecule has 2 bridgehead atoms. The summed E-state index contributed by atoms with van der Waals surface area (Å²) in [6, 6.07) is 2.47. The number of alkyl halides is 1. The molecule has 26 heavy (non-hydrogen) atoms. The van der Waals surface area contributed by atoms with Gasteiger partial charge in [-0.2, -0.15) is 5.26 Å². The zero-order valence-electron chi connectivity index (χ0n) is 14.2. The summed E-state index contributed by atoms with van der Waals surface area (Å²) in [5, 5.41) is 18.0. The van der Waals surface area contributed by atoms with E-state index >= 15 is 0 Å². The van der Waals surface area contributed by atoms with Crippen molar-refractivity contribution in [2.45, 2.75) is 49.7 Å². The second kappa shape index (κ2) is 5.80. The maximum absolute atomic E-state index is 14.5. The van der Waals surface area contributed by atoms with Gasteiger partial charge in [0.05, 0.1) is 22.5 Å². The van der Waals surface area contributed by atoms with E-state index in [9.17, 15) is 9.65 Å². The van der Waals surface area contributed by atoms with Gasteiger partial charge in [-0.15, -0.1) is 5.10 Å². The van der Waals surface area contributed by atoms with Crippen molar-refractivity contribution in [3.63, 3.8) is 0 Å². The standard InChI is InChI=1S/C18H19ClFN5O/c19-15-13(8-21)16(12-7-18(20)5-10(12)6-18)25-14(15)9-22-17(24-25)23-11-1-3-26-4-2-11/h9-12H,1-7H2,(H,23,24)/t10?,12-,18?/m1/s1. The van der Waals surface area contributed by atoms with Crippen LogP contribution < -0.4 is 5.32 Å². The van der Waals surface area contributed by atoms with Crippen molar-refractivity contribution in [3.05, 3.63) is 22.5 Å². The molecule has 4 aliphatic rings. The van der Waals surface area contributed by atoms with Crippen LogP contribution in [-0.4, -0.2) is 39.5 Å². The molecule has 3 saturated carbocycles. The zero-order valence-corrected chi connectivity index (χ0v) is 15.0. The fraction of sp³-hybridized carbons (Fsp3) is 0.611. The fourth-order valence-corrected chi connectivity index (χ4v) is 5.05. The minimum Gasteiger partial charge on any atom is -0.381 e. The molecule has 4 fully saturated rings. The van der Waals surface area contributed by atoms with E-state index in [2.05, 4.69) is 21.5 Å². The molecule has 0 unspecified atom stereocenters. The SMILES string of the molecule is N#Cc1c(Cl)c2cnc(NC3CCOCC3)nn2c1[C@@H]1CC2(F)CC1C2. The Balaban J connectivity index is 1.56. The molecule has 0 spiro atoms. The highest BCUT2D eigenvalue weighted by Crippen LogP contribution is 2.62. The Morgan fingerprint density at radius 3 is 2.77 bits per heavy atom. The highest BCUT2D eigenvalue weighted by Gasteiger charge is 2.58. The number of anilines is 1. The smallest absolute Gasteiger partial charge is 0.241 e. The number of nitriles is 1. The van der Waals surface area contributed by atoms with Crippen molar-refractivity contribution in [2.24, 2.45) is 5.92 Å². The van der Waals surface area contributed by atoms with E-state index in [4.69, 9.17) is 16.3 Å². The predicted octanol–water partition coefficient (Wildman–Crippen LogP) is 3.45. The maximum Gasteiger partial charge on any atom is 0.241 e. The molecule has 8 heteroatoms. The van der Waals surface area contributed by atoms with Crippen LogP contribution in [0.5, 0.6) is 0 Å². The van der Waals surface area contributed by atoms with Crippen LogP contribution in [0.3, 0.4) is 0 Å². The summed E-state index contributed by atoms with van der Waals surface area (Å²) in [6.45, 7) is 1.45. The molecule has 1 saturated heterocycles. The van der Waals surface area contributed by atoms with E-state index < -0.39 is 5.67 Å². The van der Waals surface area contributed by atoms with Gasteiger partial charge < -0.3 is 10.1 Å². The van der Waals surface area contributed by atoms with Gasteiger partial charge in [0.1, 0.15) is 17.3 Å². The normalized spacial score (nSPS) is 31.0. The van der Waals surface area contributed by atoms with E-state index in [0.29, 0.717) is 41.3 Å². The van der Waals surface area contributed by atoms with Gasteiger partial charge in [0.15, 0.2) is 0 Å². The second-order valence-corrected chi connectivity index (χ2v) is 8.10. The van der Waals surface area contributed by atoms with Crippen molar-refractivity contribution in [1.82, 2.24) is 14.6 Å². The summed E-state index contributed by atoms with van der Waals surface area (Å²) in [7, 11) is 0. The Labute approximate surface area is 155 Å². The minimum absolute atomic E-state index is 0.0134. The van der Waals surface area contributed by atoms with Crippen LogP contribution in [0.4, 0.5) is 10.3 Å². The number of nitrogens with zero attached hydrogens (tertiary/aromatic N) is 4. The third-order valence-electron chi connectivity index (χ3n) is 6.09. The zero-order chi connectivity index (χ0) is 17.9. The molecule has 6 rings (SSSR count). The lowest BCUT2D eigenvalue weighted by Gasteiger charge is -2.30. The molecule has 3 aliphatic carbocycles. The quantitative estimate of drug-likeness (QED) is 0.889. The largest absolute Gasteiger partial charge is 0.381 e.